The lowest BCUT2D eigenvalue weighted by atomic mass is 10.1. The van der Waals surface area contributed by atoms with E-state index in [0.717, 1.165) is 61.7 Å². The van der Waals surface area contributed by atoms with Gasteiger partial charge in [-0.1, -0.05) is 6.92 Å². The van der Waals surface area contributed by atoms with Gasteiger partial charge in [0, 0.05) is 76.2 Å². The Hall–Kier alpha value is -4.12. The minimum Gasteiger partial charge on any atom is -0.491 e. The molecule has 3 aromatic rings. The molecule has 2 saturated heterocycles. The third-order valence-electron chi connectivity index (χ3n) is 7.37. The summed E-state index contributed by atoms with van der Waals surface area (Å²) in [5.74, 6) is 3.45. The fourth-order valence-electron chi connectivity index (χ4n) is 5.06. The number of nitrogens with zero attached hydrogens (tertiary/aromatic N) is 8. The second-order valence-corrected chi connectivity index (χ2v) is 9.51. The number of hydrogen-bond acceptors (Lipinski definition) is 8. The number of anilines is 1. The van der Waals surface area contributed by atoms with Crippen LogP contribution >= 0.6 is 0 Å². The second kappa shape index (κ2) is 11.5. The van der Waals surface area contributed by atoms with Crippen molar-refractivity contribution in [2.45, 2.75) is 6.92 Å². The molecule has 0 aliphatic carbocycles. The van der Waals surface area contributed by atoms with Crippen molar-refractivity contribution in [2.75, 3.05) is 77.0 Å². The van der Waals surface area contributed by atoms with E-state index in [2.05, 4.69) is 38.7 Å². The number of ether oxygens (including phenoxy) is 1. The topological polar surface area (TPSA) is 93.2 Å². The molecule has 0 N–H and O–H groups in total. The number of hydrogen-bond donors (Lipinski definition) is 0. The fraction of sp³-hybridized carbons (Fsp3) is 0.429. The molecule has 5 rings (SSSR count). The number of piperazine rings is 2. The Morgan fingerprint density at radius 2 is 1.84 bits per heavy atom. The second-order valence-electron chi connectivity index (χ2n) is 9.51. The number of terminal acetylenes is 1. The lowest BCUT2D eigenvalue weighted by molar-refractivity contribution is -0.125. The monoisotopic (exact) mass is 512 g/mol. The van der Waals surface area contributed by atoms with Gasteiger partial charge in [0.1, 0.15) is 24.2 Å². The maximum atomic E-state index is 11.8. The van der Waals surface area contributed by atoms with E-state index in [4.69, 9.17) is 16.1 Å². The lowest BCUT2D eigenvalue weighted by Crippen LogP contribution is -2.48. The zero-order valence-corrected chi connectivity index (χ0v) is 21.7. The molecule has 0 atom stereocenters. The first kappa shape index (κ1) is 25.5. The highest BCUT2D eigenvalue weighted by Gasteiger charge is 2.21. The smallest absolute Gasteiger partial charge is 0.298 e. The molecular weight excluding hydrogens is 480 g/mol. The van der Waals surface area contributed by atoms with E-state index in [9.17, 15) is 10.1 Å². The average molecular weight is 513 g/mol. The number of amides is 1. The van der Waals surface area contributed by atoms with E-state index in [-0.39, 0.29) is 5.91 Å². The first-order chi connectivity index (χ1) is 18.6. The van der Waals surface area contributed by atoms with Gasteiger partial charge in [-0.25, -0.2) is 9.50 Å². The van der Waals surface area contributed by atoms with E-state index >= 15 is 0 Å². The SMILES string of the molecule is C#CC(=O)N1CCN(c2ccc(-c3cc(OCCN4CCN(CC)CC4)cn4ncc(C#N)c34)cn2)CC1. The van der Waals surface area contributed by atoms with Crippen LogP contribution < -0.4 is 9.64 Å². The molecule has 2 fully saturated rings. The fourth-order valence-corrected chi connectivity index (χ4v) is 5.06. The standard InChI is InChI=1S/C28H32N8O2/c1-3-27(37)35-13-11-34(12-14-35)26-6-5-22(19-30-26)25-17-24(21-36-28(25)23(18-29)20-31-36)38-16-15-33-9-7-32(4-2)8-10-33/h1,5-6,17,19-21H,4,7-16H2,2H3. The van der Waals surface area contributed by atoms with Gasteiger partial charge in [0.05, 0.1) is 23.5 Å². The molecule has 2 aliphatic heterocycles. The van der Waals surface area contributed by atoms with Crippen molar-refractivity contribution < 1.29 is 9.53 Å². The summed E-state index contributed by atoms with van der Waals surface area (Å²) in [6, 6.07) is 8.18. The molecule has 0 unspecified atom stereocenters. The highest BCUT2D eigenvalue weighted by Crippen LogP contribution is 2.31. The Morgan fingerprint density at radius 1 is 1.08 bits per heavy atom. The van der Waals surface area contributed by atoms with Crippen LogP contribution in [0.5, 0.6) is 5.75 Å². The minimum atomic E-state index is -0.271. The van der Waals surface area contributed by atoms with E-state index in [1.807, 2.05) is 30.6 Å². The molecule has 10 nitrogen and oxygen atoms in total. The summed E-state index contributed by atoms with van der Waals surface area (Å²) in [6.07, 6.45) is 10.5. The summed E-state index contributed by atoms with van der Waals surface area (Å²) in [5.41, 5.74) is 2.94. The van der Waals surface area contributed by atoms with Crippen LogP contribution in [0, 0.1) is 23.7 Å². The van der Waals surface area contributed by atoms with Crippen molar-refractivity contribution in [3.63, 3.8) is 0 Å². The number of pyridine rings is 2. The van der Waals surface area contributed by atoms with Crippen LogP contribution in [0.1, 0.15) is 12.5 Å². The van der Waals surface area contributed by atoms with Gasteiger partial charge in [0.15, 0.2) is 0 Å². The predicted molar refractivity (Wildman–Crippen MR) is 145 cm³/mol. The summed E-state index contributed by atoms with van der Waals surface area (Å²) in [5, 5.41) is 14.1. The van der Waals surface area contributed by atoms with Gasteiger partial charge in [-0.2, -0.15) is 10.4 Å². The first-order valence-electron chi connectivity index (χ1n) is 13.1. The number of nitriles is 1. The summed E-state index contributed by atoms with van der Waals surface area (Å²) < 4.78 is 7.87. The summed E-state index contributed by atoms with van der Waals surface area (Å²) in [7, 11) is 0. The minimum absolute atomic E-state index is 0.271. The highest BCUT2D eigenvalue weighted by atomic mass is 16.5. The number of carbonyl (C=O) groups is 1. The molecule has 0 aromatic carbocycles. The zero-order valence-electron chi connectivity index (χ0n) is 21.7. The van der Waals surface area contributed by atoms with Crippen molar-refractivity contribution in [3.05, 3.63) is 42.4 Å². The van der Waals surface area contributed by atoms with Gasteiger partial charge >= 0.3 is 0 Å². The largest absolute Gasteiger partial charge is 0.491 e. The number of carbonyl (C=O) groups excluding carboxylic acids is 1. The number of fused-ring (bicyclic) bond motifs is 1. The quantitative estimate of drug-likeness (QED) is 0.441. The molecule has 0 radical (unpaired) electrons. The van der Waals surface area contributed by atoms with Gasteiger partial charge in [0.25, 0.3) is 5.91 Å². The Balaban J connectivity index is 1.30. The van der Waals surface area contributed by atoms with Gasteiger partial charge < -0.3 is 19.4 Å². The van der Waals surface area contributed by atoms with Crippen molar-refractivity contribution in [1.82, 2.24) is 29.3 Å². The zero-order chi connectivity index (χ0) is 26.5. The average Bonchev–Trinajstić information content (AvgIpc) is 3.40. The first-order valence-corrected chi connectivity index (χ1v) is 13.1. The van der Waals surface area contributed by atoms with Gasteiger partial charge in [-0.3, -0.25) is 9.69 Å². The number of aromatic nitrogens is 3. The van der Waals surface area contributed by atoms with Crippen LogP contribution in [0.2, 0.25) is 0 Å². The molecule has 1 amide bonds. The van der Waals surface area contributed by atoms with Crippen molar-refractivity contribution in [2.24, 2.45) is 0 Å². The molecule has 10 heteroatoms. The highest BCUT2D eigenvalue weighted by molar-refractivity contribution is 5.93. The summed E-state index contributed by atoms with van der Waals surface area (Å²) in [6.45, 7) is 11.5. The number of likely N-dealkylation sites (N-methyl/N-ethyl adjacent to an activating group) is 1. The molecule has 38 heavy (non-hydrogen) atoms. The Bertz CT molecular complexity index is 1350. The molecule has 196 valence electrons. The van der Waals surface area contributed by atoms with E-state index < -0.39 is 0 Å². The van der Waals surface area contributed by atoms with Crippen molar-refractivity contribution >= 4 is 17.2 Å². The molecule has 0 bridgehead atoms. The molecule has 0 saturated carbocycles. The van der Waals surface area contributed by atoms with Gasteiger partial charge in [0.2, 0.25) is 0 Å². The van der Waals surface area contributed by atoms with E-state index in [1.165, 1.54) is 0 Å². The maximum absolute atomic E-state index is 11.8. The van der Waals surface area contributed by atoms with Crippen LogP contribution in [-0.4, -0.2) is 107 Å². The number of rotatable bonds is 7. The molecule has 0 spiro atoms. The van der Waals surface area contributed by atoms with Crippen LogP contribution in [0.25, 0.3) is 16.6 Å². The van der Waals surface area contributed by atoms with E-state index in [0.29, 0.717) is 44.1 Å². The normalized spacial score (nSPS) is 16.8. The molecular formula is C28H32N8O2. The Morgan fingerprint density at radius 3 is 2.50 bits per heavy atom. The summed E-state index contributed by atoms with van der Waals surface area (Å²) in [4.78, 5) is 25.2. The third-order valence-corrected chi connectivity index (χ3v) is 7.37. The van der Waals surface area contributed by atoms with Crippen molar-refractivity contribution in [1.29, 1.82) is 5.26 Å². The third kappa shape index (κ3) is 5.42. The van der Waals surface area contributed by atoms with Crippen LogP contribution in [0.3, 0.4) is 0 Å². The van der Waals surface area contributed by atoms with Crippen LogP contribution in [0.4, 0.5) is 5.82 Å². The Kier molecular flexibility index (Phi) is 7.73. The predicted octanol–water partition coefficient (Wildman–Crippen LogP) is 1.57. The Labute approximate surface area is 223 Å². The maximum Gasteiger partial charge on any atom is 0.298 e. The van der Waals surface area contributed by atoms with E-state index in [1.54, 1.807) is 15.6 Å². The van der Waals surface area contributed by atoms with Crippen LogP contribution in [0.15, 0.2) is 36.8 Å². The van der Waals surface area contributed by atoms with Gasteiger partial charge in [-0.05, 0) is 30.7 Å². The van der Waals surface area contributed by atoms with Crippen LogP contribution in [-0.2, 0) is 4.79 Å². The van der Waals surface area contributed by atoms with Crippen molar-refractivity contribution in [3.8, 4) is 35.3 Å². The molecule has 2 aliphatic rings. The lowest BCUT2D eigenvalue weighted by Gasteiger charge is -2.34. The molecule has 3 aromatic heterocycles. The molecule has 5 heterocycles. The van der Waals surface area contributed by atoms with Gasteiger partial charge in [-0.15, -0.1) is 6.42 Å². The summed E-state index contributed by atoms with van der Waals surface area (Å²) >= 11 is 0.